The summed E-state index contributed by atoms with van der Waals surface area (Å²) in [5.41, 5.74) is 3.09. The molecule has 154 valence electrons. The molecule has 0 saturated carbocycles. The smallest absolute Gasteiger partial charge is 0.306 e. The number of esters is 1. The number of aryl methyl sites for hydroxylation is 2. The lowest BCUT2D eigenvalue weighted by Crippen LogP contribution is -2.06. The summed E-state index contributed by atoms with van der Waals surface area (Å²) in [6.45, 7) is 4.43. The highest BCUT2D eigenvalue weighted by molar-refractivity contribution is 5.69. The second-order valence-corrected chi connectivity index (χ2v) is 6.72. The summed E-state index contributed by atoms with van der Waals surface area (Å²) in [5, 5.41) is 9.42. The van der Waals surface area contributed by atoms with Crippen molar-refractivity contribution < 1.29 is 18.7 Å². The lowest BCUT2D eigenvalue weighted by Gasteiger charge is -2.09. The fourth-order valence-electron chi connectivity index (χ4n) is 3.07. The molecule has 0 atom stereocenters. The molecule has 0 aliphatic rings. The molecule has 3 rings (SSSR count). The second-order valence-electron chi connectivity index (χ2n) is 6.72. The molecule has 0 aliphatic carbocycles. The number of hydrogen-bond donors (Lipinski definition) is 0. The summed E-state index contributed by atoms with van der Waals surface area (Å²) >= 11 is 0. The zero-order valence-electron chi connectivity index (χ0n) is 17.2. The van der Waals surface area contributed by atoms with E-state index in [2.05, 4.69) is 11.1 Å². The normalized spacial score (nSPS) is 10.4. The van der Waals surface area contributed by atoms with Gasteiger partial charge in [-0.3, -0.25) is 4.79 Å². The van der Waals surface area contributed by atoms with E-state index in [1.807, 2.05) is 49.4 Å². The van der Waals surface area contributed by atoms with Crippen molar-refractivity contribution in [1.82, 2.24) is 4.98 Å². The van der Waals surface area contributed by atoms with Crippen molar-refractivity contribution >= 4 is 5.97 Å². The number of aromatic nitrogens is 1. The molecule has 6 nitrogen and oxygen atoms in total. The number of hydrogen-bond acceptors (Lipinski definition) is 6. The van der Waals surface area contributed by atoms with Crippen LogP contribution in [0, 0.1) is 18.3 Å². The fourth-order valence-corrected chi connectivity index (χ4v) is 3.07. The first kappa shape index (κ1) is 21.1. The molecule has 2 aromatic carbocycles. The number of rotatable bonds is 9. The summed E-state index contributed by atoms with van der Waals surface area (Å²) in [4.78, 5) is 16.1. The zero-order chi connectivity index (χ0) is 21.3. The summed E-state index contributed by atoms with van der Waals surface area (Å²) in [6.07, 6.45) is 1.30. The van der Waals surface area contributed by atoms with Crippen LogP contribution in [-0.4, -0.2) is 24.2 Å². The van der Waals surface area contributed by atoms with Gasteiger partial charge < -0.3 is 13.9 Å². The molecule has 3 aromatic rings. The summed E-state index contributed by atoms with van der Waals surface area (Å²) < 4.78 is 16.5. The Labute approximate surface area is 176 Å². The van der Waals surface area contributed by atoms with E-state index in [0.717, 1.165) is 22.6 Å². The van der Waals surface area contributed by atoms with Crippen molar-refractivity contribution in [1.29, 1.82) is 5.26 Å². The van der Waals surface area contributed by atoms with Crippen LogP contribution in [0.2, 0.25) is 0 Å². The van der Waals surface area contributed by atoms with Crippen LogP contribution in [0.1, 0.15) is 35.9 Å². The van der Waals surface area contributed by atoms with Crippen LogP contribution in [0.5, 0.6) is 5.75 Å². The number of carbonyl (C=O) groups is 1. The first-order chi connectivity index (χ1) is 14.6. The van der Waals surface area contributed by atoms with Gasteiger partial charge in [-0.1, -0.05) is 24.3 Å². The van der Waals surface area contributed by atoms with E-state index < -0.39 is 0 Å². The van der Waals surface area contributed by atoms with Gasteiger partial charge in [-0.15, -0.1) is 0 Å². The monoisotopic (exact) mass is 404 g/mol. The number of ether oxygens (including phenoxy) is 2. The Balaban J connectivity index is 1.58. The van der Waals surface area contributed by atoms with Crippen LogP contribution in [0.15, 0.2) is 52.9 Å². The Morgan fingerprint density at radius 3 is 2.70 bits per heavy atom. The topological polar surface area (TPSA) is 85.3 Å². The molecular weight excluding hydrogens is 380 g/mol. The molecule has 1 heterocycles. The van der Waals surface area contributed by atoms with E-state index in [9.17, 15) is 10.1 Å². The van der Waals surface area contributed by atoms with E-state index in [1.165, 1.54) is 0 Å². The Kier molecular flexibility index (Phi) is 7.23. The Morgan fingerprint density at radius 2 is 1.97 bits per heavy atom. The third kappa shape index (κ3) is 5.48. The number of benzene rings is 2. The van der Waals surface area contributed by atoms with Gasteiger partial charge in [0.25, 0.3) is 0 Å². The fraction of sp³-hybridized carbons (Fsp3) is 0.292. The van der Waals surface area contributed by atoms with Crippen LogP contribution in [0.4, 0.5) is 0 Å². The van der Waals surface area contributed by atoms with E-state index in [4.69, 9.17) is 13.9 Å². The van der Waals surface area contributed by atoms with Crippen molar-refractivity contribution in [3.8, 4) is 23.3 Å². The average molecular weight is 404 g/mol. The Hall–Kier alpha value is -3.59. The lowest BCUT2D eigenvalue weighted by atomic mass is 10.0. The quantitative estimate of drug-likeness (QED) is 0.483. The summed E-state index contributed by atoms with van der Waals surface area (Å²) in [7, 11) is 0. The lowest BCUT2D eigenvalue weighted by molar-refractivity contribution is -0.143. The average Bonchev–Trinajstić information content (AvgIpc) is 3.14. The van der Waals surface area contributed by atoms with E-state index >= 15 is 0 Å². The highest BCUT2D eigenvalue weighted by Crippen LogP contribution is 2.23. The van der Waals surface area contributed by atoms with E-state index in [1.54, 1.807) is 13.0 Å². The van der Waals surface area contributed by atoms with Gasteiger partial charge in [-0.05, 0) is 50.1 Å². The molecule has 0 bridgehead atoms. The van der Waals surface area contributed by atoms with Crippen LogP contribution < -0.4 is 4.74 Å². The third-order valence-electron chi connectivity index (χ3n) is 4.63. The van der Waals surface area contributed by atoms with Gasteiger partial charge in [0.1, 0.15) is 11.5 Å². The Morgan fingerprint density at radius 1 is 1.17 bits per heavy atom. The van der Waals surface area contributed by atoms with Crippen LogP contribution in [-0.2, 0) is 22.4 Å². The first-order valence-electron chi connectivity index (χ1n) is 9.94. The van der Waals surface area contributed by atoms with Gasteiger partial charge in [-0.2, -0.15) is 5.26 Å². The van der Waals surface area contributed by atoms with Crippen LogP contribution >= 0.6 is 0 Å². The maximum Gasteiger partial charge on any atom is 0.306 e. The first-order valence-corrected chi connectivity index (χ1v) is 9.94. The minimum Gasteiger partial charge on any atom is -0.493 e. The largest absolute Gasteiger partial charge is 0.493 e. The molecule has 6 heteroatoms. The molecule has 0 saturated heterocycles. The second kappa shape index (κ2) is 10.3. The molecule has 0 aliphatic heterocycles. The van der Waals surface area contributed by atoms with E-state index in [-0.39, 0.29) is 12.4 Å². The summed E-state index contributed by atoms with van der Waals surface area (Å²) in [5.74, 6) is 1.71. The van der Waals surface area contributed by atoms with Crippen molar-refractivity contribution in [3.63, 3.8) is 0 Å². The standard InChI is InChI=1S/C24H24N2O4/c1-3-28-23(27)12-10-18-9-11-21(15-20(18)16-25)29-14-13-22-17(2)30-24(26-22)19-7-5-4-6-8-19/h4-9,11,15H,3,10,12-14H2,1-2H3. The van der Waals surface area contributed by atoms with Crippen molar-refractivity contribution in [2.45, 2.75) is 33.1 Å². The third-order valence-corrected chi connectivity index (χ3v) is 4.63. The maximum absolute atomic E-state index is 11.5. The minimum absolute atomic E-state index is 0.248. The molecule has 0 radical (unpaired) electrons. The summed E-state index contributed by atoms with van der Waals surface area (Å²) in [6, 6.07) is 17.3. The number of carbonyl (C=O) groups excluding carboxylic acids is 1. The number of oxazole rings is 1. The van der Waals surface area contributed by atoms with Gasteiger partial charge >= 0.3 is 5.97 Å². The van der Waals surface area contributed by atoms with Crippen molar-refractivity contribution in [2.75, 3.05) is 13.2 Å². The van der Waals surface area contributed by atoms with Gasteiger partial charge in [0, 0.05) is 18.4 Å². The van der Waals surface area contributed by atoms with E-state index in [0.29, 0.717) is 43.3 Å². The van der Waals surface area contributed by atoms with Crippen molar-refractivity contribution in [2.24, 2.45) is 0 Å². The number of nitrogens with zero attached hydrogens (tertiary/aromatic N) is 2. The highest BCUT2D eigenvalue weighted by Gasteiger charge is 2.12. The highest BCUT2D eigenvalue weighted by atomic mass is 16.5. The molecular formula is C24H24N2O4. The molecule has 0 N–H and O–H groups in total. The maximum atomic E-state index is 11.5. The number of nitriles is 1. The van der Waals surface area contributed by atoms with Gasteiger partial charge in [0.05, 0.1) is 30.5 Å². The molecule has 30 heavy (non-hydrogen) atoms. The van der Waals surface area contributed by atoms with Gasteiger partial charge in [0.2, 0.25) is 5.89 Å². The zero-order valence-corrected chi connectivity index (χ0v) is 17.2. The van der Waals surface area contributed by atoms with Crippen molar-refractivity contribution in [3.05, 3.63) is 71.1 Å². The van der Waals surface area contributed by atoms with Crippen LogP contribution in [0.3, 0.4) is 0 Å². The molecule has 0 spiro atoms. The SMILES string of the molecule is CCOC(=O)CCc1ccc(OCCc2nc(-c3ccccc3)oc2C)cc1C#N. The minimum atomic E-state index is -0.264. The molecule has 0 amide bonds. The predicted molar refractivity (Wildman–Crippen MR) is 112 cm³/mol. The molecule has 0 fully saturated rings. The van der Waals surface area contributed by atoms with Gasteiger partial charge in [0.15, 0.2) is 0 Å². The van der Waals surface area contributed by atoms with Gasteiger partial charge in [-0.25, -0.2) is 4.98 Å². The Bertz CT molecular complexity index is 1040. The molecule has 1 aromatic heterocycles. The predicted octanol–water partition coefficient (Wildman–Crippen LogP) is 4.64. The molecule has 0 unspecified atom stereocenters. The van der Waals surface area contributed by atoms with Crippen LogP contribution in [0.25, 0.3) is 11.5 Å².